The lowest BCUT2D eigenvalue weighted by atomic mass is 10.2. The smallest absolute Gasteiger partial charge is 0.261 e. The standard InChI is InChI=1S/C21H19N3O2S/c1-2-24-19-15-9-14-18(23-27(25,26)17-12-7-4-8-13-17)20(19)22-21(24)16-10-5-3-6-11-16/h3-15,23H,2H2,1H3. The average Bonchev–Trinajstić information content (AvgIpc) is 3.09. The molecular formula is C21H19N3O2S. The largest absolute Gasteiger partial charge is 0.324 e. The number of nitrogens with one attached hydrogen (secondary N) is 1. The number of fused-ring (bicyclic) bond motifs is 1. The predicted molar refractivity (Wildman–Crippen MR) is 108 cm³/mol. The van der Waals surface area contributed by atoms with E-state index >= 15 is 0 Å². The summed E-state index contributed by atoms with van der Waals surface area (Å²) >= 11 is 0. The van der Waals surface area contributed by atoms with E-state index in [0.29, 0.717) is 11.2 Å². The highest BCUT2D eigenvalue weighted by atomic mass is 32.2. The number of aromatic nitrogens is 2. The third-order valence-electron chi connectivity index (χ3n) is 4.42. The number of anilines is 1. The van der Waals surface area contributed by atoms with Gasteiger partial charge in [0.15, 0.2) is 0 Å². The van der Waals surface area contributed by atoms with Gasteiger partial charge in [0.05, 0.1) is 16.1 Å². The first-order valence-corrected chi connectivity index (χ1v) is 10.2. The Hall–Kier alpha value is -3.12. The zero-order valence-corrected chi connectivity index (χ0v) is 15.6. The van der Waals surface area contributed by atoms with E-state index in [1.807, 2.05) is 49.4 Å². The second-order valence-electron chi connectivity index (χ2n) is 6.14. The average molecular weight is 377 g/mol. The first-order chi connectivity index (χ1) is 13.1. The predicted octanol–water partition coefficient (Wildman–Crippen LogP) is 4.52. The molecule has 136 valence electrons. The van der Waals surface area contributed by atoms with E-state index in [-0.39, 0.29) is 4.90 Å². The van der Waals surface area contributed by atoms with E-state index in [4.69, 9.17) is 4.98 Å². The summed E-state index contributed by atoms with van der Waals surface area (Å²) in [4.78, 5) is 4.99. The van der Waals surface area contributed by atoms with Crippen LogP contribution in [0.2, 0.25) is 0 Å². The van der Waals surface area contributed by atoms with Gasteiger partial charge in [-0.2, -0.15) is 0 Å². The summed E-state index contributed by atoms with van der Waals surface area (Å²) in [6.07, 6.45) is 0. The van der Waals surface area contributed by atoms with Gasteiger partial charge in [0.1, 0.15) is 11.3 Å². The van der Waals surface area contributed by atoms with Gasteiger partial charge in [-0.1, -0.05) is 54.6 Å². The summed E-state index contributed by atoms with van der Waals surface area (Å²) in [5, 5.41) is 0. The lowest BCUT2D eigenvalue weighted by molar-refractivity contribution is 0.601. The fourth-order valence-corrected chi connectivity index (χ4v) is 4.25. The molecule has 0 aliphatic heterocycles. The molecule has 1 heterocycles. The van der Waals surface area contributed by atoms with Crippen LogP contribution in [0.5, 0.6) is 0 Å². The third kappa shape index (κ3) is 3.19. The van der Waals surface area contributed by atoms with Gasteiger partial charge in [-0.15, -0.1) is 0 Å². The fraction of sp³-hybridized carbons (Fsp3) is 0.0952. The van der Waals surface area contributed by atoms with Gasteiger partial charge < -0.3 is 4.57 Å². The lowest BCUT2D eigenvalue weighted by Crippen LogP contribution is -2.13. The Morgan fingerprint density at radius 1 is 0.889 bits per heavy atom. The minimum atomic E-state index is -3.68. The molecule has 27 heavy (non-hydrogen) atoms. The summed E-state index contributed by atoms with van der Waals surface area (Å²) in [7, 11) is -3.68. The maximum atomic E-state index is 12.7. The molecule has 0 spiro atoms. The highest BCUT2D eigenvalue weighted by Gasteiger charge is 2.18. The molecule has 0 amide bonds. The molecule has 0 bridgehead atoms. The molecule has 6 heteroatoms. The monoisotopic (exact) mass is 377 g/mol. The Morgan fingerprint density at radius 3 is 2.22 bits per heavy atom. The van der Waals surface area contributed by atoms with Crippen LogP contribution in [0.3, 0.4) is 0 Å². The van der Waals surface area contributed by atoms with Crippen molar-refractivity contribution in [3.8, 4) is 11.4 Å². The van der Waals surface area contributed by atoms with Crippen molar-refractivity contribution in [2.45, 2.75) is 18.4 Å². The van der Waals surface area contributed by atoms with E-state index in [1.54, 1.807) is 36.4 Å². The van der Waals surface area contributed by atoms with Crippen LogP contribution in [-0.4, -0.2) is 18.0 Å². The van der Waals surface area contributed by atoms with Crippen LogP contribution in [0, 0.1) is 0 Å². The molecule has 0 unspecified atom stereocenters. The molecule has 0 aliphatic carbocycles. The van der Waals surface area contributed by atoms with Crippen molar-refractivity contribution < 1.29 is 8.42 Å². The number of aryl methyl sites for hydroxylation is 1. The van der Waals surface area contributed by atoms with Crippen LogP contribution in [0.4, 0.5) is 5.69 Å². The van der Waals surface area contributed by atoms with Gasteiger partial charge in [0.2, 0.25) is 0 Å². The van der Waals surface area contributed by atoms with E-state index in [2.05, 4.69) is 9.29 Å². The highest BCUT2D eigenvalue weighted by molar-refractivity contribution is 7.92. The van der Waals surface area contributed by atoms with E-state index in [1.165, 1.54) is 0 Å². The molecule has 0 radical (unpaired) electrons. The van der Waals surface area contributed by atoms with E-state index < -0.39 is 10.0 Å². The Bertz CT molecular complexity index is 1180. The normalized spacial score (nSPS) is 11.6. The van der Waals surface area contributed by atoms with E-state index in [0.717, 1.165) is 23.4 Å². The Labute approximate surface area is 158 Å². The second-order valence-corrected chi connectivity index (χ2v) is 7.82. The minimum absolute atomic E-state index is 0.222. The van der Waals surface area contributed by atoms with Gasteiger partial charge >= 0.3 is 0 Å². The van der Waals surface area contributed by atoms with E-state index in [9.17, 15) is 8.42 Å². The maximum Gasteiger partial charge on any atom is 0.261 e. The van der Waals surface area contributed by atoms with Gasteiger partial charge in [0, 0.05) is 12.1 Å². The molecular weight excluding hydrogens is 358 g/mol. The van der Waals surface area contributed by atoms with Crippen molar-refractivity contribution >= 4 is 26.7 Å². The number of imidazole rings is 1. The summed E-state index contributed by atoms with van der Waals surface area (Å²) < 4.78 is 30.2. The third-order valence-corrected chi connectivity index (χ3v) is 5.81. The molecule has 3 aromatic carbocycles. The fourth-order valence-electron chi connectivity index (χ4n) is 3.16. The molecule has 0 aliphatic rings. The summed E-state index contributed by atoms with van der Waals surface area (Å²) in [6.45, 7) is 2.78. The zero-order chi connectivity index (χ0) is 18.9. The molecule has 0 saturated heterocycles. The van der Waals surface area contributed by atoms with Gasteiger partial charge in [-0.25, -0.2) is 13.4 Å². The van der Waals surface area contributed by atoms with Crippen LogP contribution in [0.25, 0.3) is 22.4 Å². The minimum Gasteiger partial charge on any atom is -0.324 e. The molecule has 0 saturated carbocycles. The number of benzene rings is 3. The molecule has 0 fully saturated rings. The van der Waals surface area contributed by atoms with Gasteiger partial charge in [-0.05, 0) is 31.2 Å². The number of hydrogen-bond donors (Lipinski definition) is 1. The SMILES string of the molecule is CCn1c(-c2ccccc2)nc2c(NS(=O)(=O)c3ccccc3)cccc21. The molecule has 4 rings (SSSR count). The first kappa shape index (κ1) is 17.3. The molecule has 1 aromatic heterocycles. The van der Waals surface area contributed by atoms with Crippen molar-refractivity contribution in [3.05, 3.63) is 78.9 Å². The van der Waals surface area contributed by atoms with Crippen LogP contribution in [-0.2, 0) is 16.6 Å². The molecule has 1 N–H and O–H groups in total. The number of sulfonamides is 1. The molecule has 0 atom stereocenters. The molecule has 4 aromatic rings. The van der Waals surface area contributed by atoms with Crippen LogP contribution in [0.1, 0.15) is 6.92 Å². The van der Waals surface area contributed by atoms with Crippen molar-refractivity contribution in [2.24, 2.45) is 0 Å². The van der Waals surface area contributed by atoms with Gasteiger partial charge in [0.25, 0.3) is 10.0 Å². The number of para-hydroxylation sites is 1. The highest BCUT2D eigenvalue weighted by Crippen LogP contribution is 2.30. The topological polar surface area (TPSA) is 64.0 Å². The lowest BCUT2D eigenvalue weighted by Gasteiger charge is -2.09. The van der Waals surface area contributed by atoms with Crippen molar-refractivity contribution in [2.75, 3.05) is 4.72 Å². The number of rotatable bonds is 5. The molecule has 5 nitrogen and oxygen atoms in total. The van der Waals surface area contributed by atoms with Crippen molar-refractivity contribution in [3.63, 3.8) is 0 Å². The van der Waals surface area contributed by atoms with Crippen molar-refractivity contribution in [1.82, 2.24) is 9.55 Å². The van der Waals surface area contributed by atoms with Crippen LogP contribution in [0.15, 0.2) is 83.8 Å². The Morgan fingerprint density at radius 2 is 1.56 bits per heavy atom. The quantitative estimate of drug-likeness (QED) is 0.556. The van der Waals surface area contributed by atoms with Crippen molar-refractivity contribution in [1.29, 1.82) is 0 Å². The summed E-state index contributed by atoms with van der Waals surface area (Å²) in [5.41, 5.74) is 3.00. The Kier molecular flexibility index (Phi) is 4.41. The maximum absolute atomic E-state index is 12.7. The second kappa shape index (κ2) is 6.89. The zero-order valence-electron chi connectivity index (χ0n) is 14.8. The summed E-state index contributed by atoms with van der Waals surface area (Å²) in [5.74, 6) is 0.819. The number of hydrogen-bond acceptors (Lipinski definition) is 3. The summed E-state index contributed by atoms with van der Waals surface area (Å²) in [6, 6.07) is 23.8. The van der Waals surface area contributed by atoms with Crippen LogP contribution < -0.4 is 4.72 Å². The first-order valence-electron chi connectivity index (χ1n) is 8.72. The van der Waals surface area contributed by atoms with Crippen LogP contribution >= 0.6 is 0 Å². The number of nitrogens with zero attached hydrogens (tertiary/aromatic N) is 2. The van der Waals surface area contributed by atoms with Gasteiger partial charge in [-0.3, -0.25) is 4.72 Å². The Balaban J connectivity index is 1.85.